The van der Waals surface area contributed by atoms with Crippen LogP contribution in [0.4, 0.5) is 5.82 Å². The quantitative estimate of drug-likeness (QED) is 0.277. The number of nitriles is 1. The fourth-order valence-corrected chi connectivity index (χ4v) is 0.755. The van der Waals surface area contributed by atoms with Gasteiger partial charge in [0.15, 0.2) is 5.16 Å². The summed E-state index contributed by atoms with van der Waals surface area (Å²) in [5.41, 5.74) is 0. The highest BCUT2D eigenvalue weighted by Crippen LogP contribution is 2.23. The molecule has 8 heteroatoms. The van der Waals surface area contributed by atoms with Gasteiger partial charge in [0.25, 0.3) is 5.03 Å². The maximum absolute atomic E-state index is 10.1. The molecule has 0 bridgehead atoms. The number of nitro groups is 1. The minimum atomic E-state index is -0.768. The first kappa shape index (κ1) is 7.49. The van der Waals surface area contributed by atoms with Gasteiger partial charge < -0.3 is 10.1 Å². The normalized spacial score (nSPS) is 9.00. The zero-order valence-electron chi connectivity index (χ0n) is 4.92. The minimum absolute atomic E-state index is 0.127. The van der Waals surface area contributed by atoms with Crippen molar-refractivity contribution in [2.75, 3.05) is 0 Å². The molecule has 0 atom stereocenters. The molecule has 0 saturated carbocycles. The Bertz CT molecular complexity index is 315. The molecule has 1 aromatic rings. The van der Waals surface area contributed by atoms with Crippen LogP contribution in [-0.4, -0.2) is 15.2 Å². The van der Waals surface area contributed by atoms with E-state index in [0.29, 0.717) is 11.8 Å². The van der Waals surface area contributed by atoms with Crippen LogP contribution >= 0.6 is 11.8 Å². The van der Waals surface area contributed by atoms with E-state index < -0.39 is 10.7 Å². The first-order chi connectivity index (χ1) is 5.25. The second-order valence-corrected chi connectivity index (χ2v) is 2.12. The topological polar surface area (TPSA) is 106 Å². The molecule has 0 aliphatic rings. The zero-order valence-corrected chi connectivity index (χ0v) is 5.74. The number of hydrogen-bond donors (Lipinski definition) is 0. The minimum Gasteiger partial charge on any atom is -0.358 e. The lowest BCUT2D eigenvalue weighted by Gasteiger charge is -1.83. The largest absolute Gasteiger partial charge is 0.449 e. The number of rotatable bonds is 2. The molecule has 1 heterocycles. The molecule has 1 rings (SSSR count). The predicted octanol–water partition coefficient (Wildman–Crippen LogP) is 0.551. The van der Waals surface area contributed by atoms with E-state index in [9.17, 15) is 10.1 Å². The van der Waals surface area contributed by atoms with Gasteiger partial charge in [0.2, 0.25) is 0 Å². The maximum Gasteiger partial charge on any atom is 0.449 e. The van der Waals surface area contributed by atoms with Crippen molar-refractivity contribution in [3.05, 3.63) is 10.1 Å². The molecule has 0 aliphatic heterocycles. The molecule has 0 N–H and O–H groups in total. The monoisotopic (exact) mass is 172 g/mol. The van der Waals surface area contributed by atoms with Crippen molar-refractivity contribution in [3.63, 3.8) is 0 Å². The summed E-state index contributed by atoms with van der Waals surface area (Å²) in [5, 5.41) is 25.8. The van der Waals surface area contributed by atoms with Crippen molar-refractivity contribution in [1.82, 2.24) is 10.3 Å². The number of aromatic nitrogens is 2. The Kier molecular flexibility index (Phi) is 2.03. The second kappa shape index (κ2) is 2.98. The van der Waals surface area contributed by atoms with Gasteiger partial charge in [-0.25, -0.2) is 0 Å². The molecule has 0 fully saturated rings. The van der Waals surface area contributed by atoms with Crippen LogP contribution in [0.3, 0.4) is 0 Å². The van der Waals surface area contributed by atoms with Gasteiger partial charge in [-0.1, -0.05) is 0 Å². The molecule has 7 nitrogen and oxygen atoms in total. The summed E-state index contributed by atoms with van der Waals surface area (Å²) in [6.45, 7) is 0. The highest BCUT2D eigenvalue weighted by Gasteiger charge is 2.22. The molecule has 0 aromatic carbocycles. The Balaban J connectivity index is 2.98. The number of thioether (sulfide) groups is 1. The zero-order chi connectivity index (χ0) is 8.27. The summed E-state index contributed by atoms with van der Waals surface area (Å²) in [7, 11) is 0. The summed E-state index contributed by atoms with van der Waals surface area (Å²) in [6, 6.07) is 0. The molecule has 56 valence electrons. The van der Waals surface area contributed by atoms with Crippen LogP contribution in [-0.2, 0) is 0 Å². The van der Waals surface area contributed by atoms with Crippen LogP contribution in [0.2, 0.25) is 0 Å². The van der Waals surface area contributed by atoms with E-state index in [1.165, 1.54) is 0 Å². The summed E-state index contributed by atoms with van der Waals surface area (Å²) in [6.07, 6.45) is 0. The van der Waals surface area contributed by atoms with E-state index >= 15 is 0 Å². The van der Waals surface area contributed by atoms with Gasteiger partial charge in [-0.2, -0.15) is 5.26 Å². The third-order valence-corrected chi connectivity index (χ3v) is 1.30. The maximum atomic E-state index is 10.1. The van der Waals surface area contributed by atoms with Crippen LogP contribution < -0.4 is 0 Å². The fourth-order valence-electron chi connectivity index (χ4n) is 0.395. The SMILES string of the molecule is N#CSc1nonc1[N+](=O)[O-]. The number of hydrogen-bond acceptors (Lipinski definition) is 7. The summed E-state index contributed by atoms with van der Waals surface area (Å²) < 4.78 is 4.05. The molecule has 0 aliphatic carbocycles. The van der Waals surface area contributed by atoms with Crippen LogP contribution in [0, 0.1) is 20.8 Å². The molecule has 0 spiro atoms. The molecular formula is C3N4O3S. The van der Waals surface area contributed by atoms with Crippen molar-refractivity contribution >= 4 is 17.6 Å². The van der Waals surface area contributed by atoms with Crippen LogP contribution in [0.5, 0.6) is 0 Å². The standard InChI is InChI=1S/C3N4O3S/c4-1-11-3-2(7(8)9)5-10-6-3. The lowest BCUT2D eigenvalue weighted by atomic mass is 10.8. The Hall–Kier alpha value is -1.62. The van der Waals surface area contributed by atoms with Gasteiger partial charge in [0.05, 0.1) is 0 Å². The van der Waals surface area contributed by atoms with Gasteiger partial charge in [0.1, 0.15) is 5.40 Å². The van der Waals surface area contributed by atoms with E-state index in [-0.39, 0.29) is 5.03 Å². The molecule has 0 unspecified atom stereocenters. The van der Waals surface area contributed by atoms with E-state index in [1.54, 1.807) is 5.40 Å². The highest BCUT2D eigenvalue weighted by atomic mass is 32.2. The van der Waals surface area contributed by atoms with E-state index in [4.69, 9.17) is 5.26 Å². The number of nitrogens with zero attached hydrogens (tertiary/aromatic N) is 4. The second-order valence-electron chi connectivity index (χ2n) is 1.34. The van der Waals surface area contributed by atoms with E-state index in [0.717, 1.165) is 0 Å². The van der Waals surface area contributed by atoms with E-state index in [2.05, 4.69) is 14.9 Å². The van der Waals surface area contributed by atoms with Crippen molar-refractivity contribution in [2.45, 2.75) is 5.03 Å². The van der Waals surface area contributed by atoms with Crippen LogP contribution in [0.1, 0.15) is 0 Å². The van der Waals surface area contributed by atoms with Gasteiger partial charge in [-0.3, -0.25) is 0 Å². The Morgan fingerprint density at radius 3 is 3.00 bits per heavy atom. The summed E-state index contributed by atoms with van der Waals surface area (Å²) in [5.74, 6) is -0.531. The average Bonchev–Trinajstić information content (AvgIpc) is 2.36. The average molecular weight is 172 g/mol. The predicted molar refractivity (Wildman–Crippen MR) is 32.4 cm³/mol. The number of thiocyanates is 1. The third kappa shape index (κ3) is 1.44. The van der Waals surface area contributed by atoms with Crippen LogP contribution in [0.15, 0.2) is 9.65 Å². The first-order valence-corrected chi connectivity index (χ1v) is 3.10. The van der Waals surface area contributed by atoms with Crippen LogP contribution in [0.25, 0.3) is 0 Å². The van der Waals surface area contributed by atoms with Crippen molar-refractivity contribution in [1.29, 1.82) is 5.26 Å². The molecule has 1 aromatic heterocycles. The van der Waals surface area contributed by atoms with Gasteiger partial charge in [0, 0.05) is 11.8 Å². The van der Waals surface area contributed by atoms with Gasteiger partial charge in [-0.05, 0) is 10.1 Å². The van der Waals surface area contributed by atoms with Gasteiger partial charge in [-0.15, -0.1) is 4.63 Å². The van der Waals surface area contributed by atoms with E-state index in [1.807, 2.05) is 0 Å². The molecule has 0 saturated heterocycles. The summed E-state index contributed by atoms with van der Waals surface area (Å²) in [4.78, 5) is 9.31. The first-order valence-electron chi connectivity index (χ1n) is 2.28. The summed E-state index contributed by atoms with van der Waals surface area (Å²) >= 11 is 0.533. The Labute approximate surface area is 64.1 Å². The van der Waals surface area contributed by atoms with Gasteiger partial charge >= 0.3 is 5.82 Å². The Morgan fingerprint density at radius 2 is 2.45 bits per heavy atom. The molecule has 0 amide bonds. The lowest BCUT2D eigenvalue weighted by molar-refractivity contribution is -0.393. The molecule has 11 heavy (non-hydrogen) atoms. The van der Waals surface area contributed by atoms with Crippen molar-refractivity contribution in [3.8, 4) is 5.40 Å². The highest BCUT2D eigenvalue weighted by molar-refractivity contribution is 8.03. The third-order valence-electron chi connectivity index (χ3n) is 0.758. The molecule has 0 radical (unpaired) electrons. The Morgan fingerprint density at radius 1 is 1.73 bits per heavy atom. The van der Waals surface area contributed by atoms with Crippen molar-refractivity contribution in [2.24, 2.45) is 0 Å². The fraction of sp³-hybridized carbons (Fsp3) is 0. The lowest BCUT2D eigenvalue weighted by Crippen LogP contribution is -1.88. The smallest absolute Gasteiger partial charge is 0.358 e. The van der Waals surface area contributed by atoms with Crippen molar-refractivity contribution < 1.29 is 9.55 Å². The molecular weight excluding hydrogens is 172 g/mol.